The molecule has 0 heterocycles. The number of nitrogens with two attached hydrogens (primary N) is 1. The van der Waals surface area contributed by atoms with E-state index in [1.807, 2.05) is 18.2 Å². The van der Waals surface area contributed by atoms with E-state index in [1.165, 1.54) is 0 Å². The van der Waals surface area contributed by atoms with E-state index < -0.39 is 0 Å². The topological polar surface area (TPSA) is 57.0 Å². The maximum Gasteiger partial charge on any atom is 0.142 e. The summed E-state index contributed by atoms with van der Waals surface area (Å²) in [5.74, 6) is 0.898. The number of anilines is 1. The lowest BCUT2D eigenvalue weighted by Gasteiger charge is -2.26. The van der Waals surface area contributed by atoms with Gasteiger partial charge in [0.15, 0.2) is 0 Å². The van der Waals surface area contributed by atoms with Crippen LogP contribution in [-0.4, -0.2) is 53.7 Å². The predicted octanol–water partition coefficient (Wildman–Crippen LogP) is 1.90. The molecule has 0 bridgehead atoms. The highest BCUT2D eigenvalue weighted by Crippen LogP contribution is 2.27. The van der Waals surface area contributed by atoms with Gasteiger partial charge in [0, 0.05) is 26.8 Å². The van der Waals surface area contributed by atoms with E-state index in [0.29, 0.717) is 19.8 Å². The third kappa shape index (κ3) is 6.80. The molecule has 5 nitrogen and oxygen atoms in total. The Morgan fingerprint density at radius 2 is 1.76 bits per heavy atom. The molecular weight excluding hydrogens is 268 g/mol. The molecule has 0 aliphatic rings. The molecule has 0 aliphatic carbocycles. The van der Waals surface area contributed by atoms with Crippen molar-refractivity contribution in [3.05, 3.63) is 24.3 Å². The second-order valence-electron chi connectivity index (χ2n) is 4.76. The van der Waals surface area contributed by atoms with Gasteiger partial charge in [-0.15, -0.1) is 0 Å². The maximum absolute atomic E-state index is 5.64. The Balaban J connectivity index is 2.51. The first-order valence-electron chi connectivity index (χ1n) is 7.48. The van der Waals surface area contributed by atoms with Crippen molar-refractivity contribution in [3.8, 4) is 5.75 Å². The normalized spacial score (nSPS) is 10.6. The van der Waals surface area contributed by atoms with Crippen molar-refractivity contribution in [1.29, 1.82) is 0 Å². The van der Waals surface area contributed by atoms with Crippen molar-refractivity contribution < 1.29 is 14.2 Å². The minimum absolute atomic E-state index is 0.642. The SMILES string of the molecule is COCCOCCCN(CCCN)c1ccccc1OC. The van der Waals surface area contributed by atoms with Gasteiger partial charge < -0.3 is 24.8 Å². The lowest BCUT2D eigenvalue weighted by molar-refractivity contribution is 0.0700. The van der Waals surface area contributed by atoms with Crippen LogP contribution in [0.4, 0.5) is 5.69 Å². The summed E-state index contributed by atoms with van der Waals surface area (Å²) in [6, 6.07) is 8.08. The summed E-state index contributed by atoms with van der Waals surface area (Å²) >= 11 is 0. The average molecular weight is 296 g/mol. The van der Waals surface area contributed by atoms with Crippen LogP contribution in [-0.2, 0) is 9.47 Å². The quantitative estimate of drug-likeness (QED) is 0.597. The van der Waals surface area contributed by atoms with E-state index in [1.54, 1.807) is 14.2 Å². The zero-order chi connectivity index (χ0) is 15.3. The third-order valence-electron chi connectivity index (χ3n) is 3.21. The van der Waals surface area contributed by atoms with Crippen LogP contribution in [0.25, 0.3) is 0 Å². The lowest BCUT2D eigenvalue weighted by atomic mass is 10.2. The lowest BCUT2D eigenvalue weighted by Crippen LogP contribution is -2.28. The molecule has 1 aromatic carbocycles. The van der Waals surface area contributed by atoms with Crippen LogP contribution in [0.15, 0.2) is 24.3 Å². The Labute approximate surface area is 128 Å². The molecule has 0 fully saturated rings. The fourth-order valence-corrected chi connectivity index (χ4v) is 2.13. The smallest absolute Gasteiger partial charge is 0.142 e. The molecule has 0 amide bonds. The van der Waals surface area contributed by atoms with Gasteiger partial charge in [-0.3, -0.25) is 0 Å². The van der Waals surface area contributed by atoms with Gasteiger partial charge in [-0.1, -0.05) is 12.1 Å². The van der Waals surface area contributed by atoms with Gasteiger partial charge in [0.05, 0.1) is 26.0 Å². The van der Waals surface area contributed by atoms with Crippen molar-refractivity contribution >= 4 is 5.69 Å². The summed E-state index contributed by atoms with van der Waals surface area (Å²) in [5, 5.41) is 0. The monoisotopic (exact) mass is 296 g/mol. The minimum atomic E-state index is 0.642. The third-order valence-corrected chi connectivity index (χ3v) is 3.21. The van der Waals surface area contributed by atoms with Crippen molar-refractivity contribution in [1.82, 2.24) is 0 Å². The van der Waals surface area contributed by atoms with E-state index in [2.05, 4.69) is 11.0 Å². The Morgan fingerprint density at radius 3 is 2.48 bits per heavy atom. The molecule has 1 rings (SSSR count). The standard InChI is InChI=1S/C16H28N2O3/c1-19-13-14-21-12-6-11-18(10-5-9-17)15-7-3-4-8-16(15)20-2/h3-4,7-8H,5-6,9-14,17H2,1-2H3. The van der Waals surface area contributed by atoms with Gasteiger partial charge in [0.1, 0.15) is 5.75 Å². The zero-order valence-corrected chi connectivity index (χ0v) is 13.2. The molecule has 0 atom stereocenters. The van der Waals surface area contributed by atoms with Gasteiger partial charge in [0.25, 0.3) is 0 Å². The van der Waals surface area contributed by atoms with Gasteiger partial charge in [0.2, 0.25) is 0 Å². The first-order chi connectivity index (χ1) is 10.3. The minimum Gasteiger partial charge on any atom is -0.495 e. The van der Waals surface area contributed by atoms with E-state index in [4.69, 9.17) is 19.9 Å². The fraction of sp³-hybridized carbons (Fsp3) is 0.625. The highest BCUT2D eigenvalue weighted by atomic mass is 16.5. The van der Waals surface area contributed by atoms with Crippen molar-refractivity contribution in [2.75, 3.05) is 58.6 Å². The van der Waals surface area contributed by atoms with Crippen LogP contribution in [0.3, 0.4) is 0 Å². The van der Waals surface area contributed by atoms with E-state index in [9.17, 15) is 0 Å². The van der Waals surface area contributed by atoms with Gasteiger partial charge >= 0.3 is 0 Å². The number of hydrogen-bond donors (Lipinski definition) is 1. The second kappa shape index (κ2) is 11.4. The van der Waals surface area contributed by atoms with Crippen LogP contribution in [0.1, 0.15) is 12.8 Å². The largest absolute Gasteiger partial charge is 0.495 e. The molecule has 0 saturated heterocycles. The fourth-order valence-electron chi connectivity index (χ4n) is 2.13. The molecular formula is C16H28N2O3. The van der Waals surface area contributed by atoms with Crippen LogP contribution in [0.5, 0.6) is 5.75 Å². The molecule has 21 heavy (non-hydrogen) atoms. The number of nitrogens with zero attached hydrogens (tertiary/aromatic N) is 1. The van der Waals surface area contributed by atoms with Crippen molar-refractivity contribution in [3.63, 3.8) is 0 Å². The van der Waals surface area contributed by atoms with E-state index in [-0.39, 0.29) is 0 Å². The number of hydrogen-bond acceptors (Lipinski definition) is 5. The van der Waals surface area contributed by atoms with Crippen LogP contribution >= 0.6 is 0 Å². The summed E-state index contributed by atoms with van der Waals surface area (Å²) in [6.45, 7) is 4.56. The molecule has 0 radical (unpaired) electrons. The second-order valence-corrected chi connectivity index (χ2v) is 4.76. The molecule has 0 unspecified atom stereocenters. The maximum atomic E-state index is 5.64. The number of para-hydroxylation sites is 2. The van der Waals surface area contributed by atoms with Gasteiger partial charge in [-0.05, 0) is 31.5 Å². The molecule has 0 saturated carbocycles. The summed E-state index contributed by atoms with van der Waals surface area (Å²) < 4.78 is 15.9. The van der Waals surface area contributed by atoms with Crippen LogP contribution in [0.2, 0.25) is 0 Å². The Bertz CT molecular complexity index is 374. The summed E-state index contributed by atoms with van der Waals surface area (Å²) in [7, 11) is 3.38. The first kappa shape index (κ1) is 17.8. The van der Waals surface area contributed by atoms with Crippen LogP contribution in [0, 0.1) is 0 Å². The van der Waals surface area contributed by atoms with Gasteiger partial charge in [-0.25, -0.2) is 0 Å². The molecule has 0 aliphatic heterocycles. The number of benzene rings is 1. The summed E-state index contributed by atoms with van der Waals surface area (Å²) in [5.41, 5.74) is 6.75. The Hall–Kier alpha value is -1.30. The average Bonchev–Trinajstić information content (AvgIpc) is 2.53. The Kier molecular flexibility index (Phi) is 9.61. The molecule has 120 valence electrons. The summed E-state index contributed by atoms with van der Waals surface area (Å²) in [4.78, 5) is 2.31. The zero-order valence-electron chi connectivity index (χ0n) is 13.2. The van der Waals surface area contributed by atoms with Gasteiger partial charge in [-0.2, -0.15) is 0 Å². The highest BCUT2D eigenvalue weighted by Gasteiger charge is 2.10. The highest BCUT2D eigenvalue weighted by molar-refractivity contribution is 5.58. The molecule has 0 spiro atoms. The predicted molar refractivity (Wildman–Crippen MR) is 86.2 cm³/mol. The van der Waals surface area contributed by atoms with Crippen molar-refractivity contribution in [2.45, 2.75) is 12.8 Å². The molecule has 5 heteroatoms. The van der Waals surface area contributed by atoms with E-state index >= 15 is 0 Å². The first-order valence-corrected chi connectivity index (χ1v) is 7.48. The van der Waals surface area contributed by atoms with Crippen molar-refractivity contribution in [2.24, 2.45) is 5.73 Å². The summed E-state index contributed by atoms with van der Waals surface area (Å²) in [6.07, 6.45) is 1.93. The Morgan fingerprint density at radius 1 is 1.00 bits per heavy atom. The van der Waals surface area contributed by atoms with Crippen LogP contribution < -0.4 is 15.4 Å². The molecule has 1 aromatic rings. The molecule has 0 aromatic heterocycles. The number of ether oxygens (including phenoxy) is 3. The number of rotatable bonds is 12. The number of methoxy groups -OCH3 is 2. The van der Waals surface area contributed by atoms with E-state index in [0.717, 1.165) is 44.0 Å². The molecule has 2 N–H and O–H groups in total.